The van der Waals surface area contributed by atoms with Gasteiger partial charge in [-0.1, -0.05) is 0 Å². The summed E-state index contributed by atoms with van der Waals surface area (Å²) in [5.41, 5.74) is 6.14. The van der Waals surface area contributed by atoms with Crippen molar-refractivity contribution in [1.82, 2.24) is 0 Å². The van der Waals surface area contributed by atoms with Crippen molar-refractivity contribution in [3.63, 3.8) is 0 Å². The Kier molecular flexibility index (Phi) is 3.63. The van der Waals surface area contributed by atoms with Gasteiger partial charge in [0.05, 0.1) is 0 Å². The van der Waals surface area contributed by atoms with Crippen molar-refractivity contribution in [2.75, 3.05) is 11.5 Å². The highest BCUT2D eigenvalue weighted by Crippen LogP contribution is 2.43. The molecule has 0 saturated heterocycles. The highest BCUT2D eigenvalue weighted by atomic mass is 32.2. The fourth-order valence-electron chi connectivity index (χ4n) is 2.77. The lowest BCUT2D eigenvalue weighted by Gasteiger charge is -2.06. The minimum absolute atomic E-state index is 1.17. The van der Waals surface area contributed by atoms with Crippen LogP contribution in [0.25, 0.3) is 11.1 Å². The first kappa shape index (κ1) is 13.5. The van der Waals surface area contributed by atoms with E-state index in [0.29, 0.717) is 0 Å². The lowest BCUT2D eigenvalue weighted by atomic mass is 9.97. The fourth-order valence-corrected chi connectivity index (χ4v) is 5.84. The van der Waals surface area contributed by atoms with Gasteiger partial charge >= 0.3 is 0 Å². The van der Waals surface area contributed by atoms with E-state index in [1.807, 2.05) is 22.7 Å². The summed E-state index contributed by atoms with van der Waals surface area (Å²) in [6.45, 7) is 8.94. The molecule has 0 aliphatic carbocycles. The van der Waals surface area contributed by atoms with Gasteiger partial charge in [-0.15, -0.1) is 22.7 Å². The largest absolute Gasteiger partial charge is 0.152 e. The second-order valence-electron chi connectivity index (χ2n) is 5.10. The van der Waals surface area contributed by atoms with Gasteiger partial charge < -0.3 is 0 Å². The Morgan fingerprint density at radius 1 is 0.737 bits per heavy atom. The molecule has 100 valence electrons. The van der Waals surface area contributed by atoms with Gasteiger partial charge in [-0.3, -0.25) is 0 Å². The molecule has 0 spiro atoms. The van der Waals surface area contributed by atoms with E-state index in [1.165, 1.54) is 42.1 Å². The highest BCUT2D eigenvalue weighted by molar-refractivity contribution is 8.00. The predicted molar refractivity (Wildman–Crippen MR) is 91.7 cm³/mol. The molecule has 0 saturated carbocycles. The number of thiophene rings is 2. The molecule has 0 N–H and O–H groups in total. The Balaban J connectivity index is 2.15. The van der Waals surface area contributed by atoms with Crippen molar-refractivity contribution >= 4 is 45.6 Å². The van der Waals surface area contributed by atoms with Crippen LogP contribution in [0.15, 0.2) is 12.1 Å². The maximum Gasteiger partial charge on any atom is 0.0197 e. The van der Waals surface area contributed by atoms with Crippen LogP contribution in [0.2, 0.25) is 0 Å². The van der Waals surface area contributed by atoms with Gasteiger partial charge in [0.1, 0.15) is 0 Å². The molecule has 0 fully saturated rings. The van der Waals surface area contributed by atoms with Crippen molar-refractivity contribution in [1.29, 1.82) is 0 Å². The number of hydrogen-bond donors (Lipinski definition) is 0. The van der Waals surface area contributed by atoms with Crippen molar-refractivity contribution in [2.45, 2.75) is 27.7 Å². The Morgan fingerprint density at radius 3 is 1.47 bits per heavy atom. The van der Waals surface area contributed by atoms with Crippen LogP contribution >= 0.6 is 34.4 Å². The maximum absolute atomic E-state index is 2.37. The third-order valence-electron chi connectivity index (χ3n) is 3.59. The van der Waals surface area contributed by atoms with Crippen LogP contribution in [0.4, 0.5) is 0 Å². The zero-order valence-corrected chi connectivity index (χ0v) is 14.2. The second-order valence-corrected chi connectivity index (χ2v) is 9.01. The summed E-state index contributed by atoms with van der Waals surface area (Å²) in [5, 5.41) is 0. The van der Waals surface area contributed by atoms with E-state index in [-0.39, 0.29) is 0 Å². The third kappa shape index (κ3) is 2.44. The summed E-state index contributed by atoms with van der Waals surface area (Å²) in [6, 6.07) is 4.74. The zero-order valence-electron chi connectivity index (χ0n) is 11.8. The van der Waals surface area contributed by atoms with Crippen LogP contribution in [-0.2, 0) is 0 Å². The van der Waals surface area contributed by atoms with Gasteiger partial charge in [0.15, 0.2) is 0 Å². The molecule has 3 rings (SSSR count). The van der Waals surface area contributed by atoms with E-state index in [9.17, 15) is 0 Å². The van der Waals surface area contributed by atoms with Crippen molar-refractivity contribution < 1.29 is 0 Å². The molecule has 0 nitrogen and oxygen atoms in total. The third-order valence-corrected chi connectivity index (χ3v) is 6.51. The number of aryl methyl sites for hydroxylation is 4. The number of rotatable bonds is 2. The number of hydrogen-bond acceptors (Lipinski definition) is 3. The van der Waals surface area contributed by atoms with Gasteiger partial charge in [-0.05, 0) is 62.1 Å². The predicted octanol–water partition coefficient (Wildman–Crippen LogP) is 5.70. The Hall–Kier alpha value is -0.510. The van der Waals surface area contributed by atoms with Gasteiger partial charge in [-0.25, -0.2) is 0 Å². The normalized spacial score (nSPS) is 15.6. The van der Waals surface area contributed by atoms with Gasteiger partial charge in [-0.2, -0.15) is 11.8 Å². The molecule has 3 heteroatoms. The first-order valence-electron chi connectivity index (χ1n) is 6.51. The molecule has 0 amide bonds. The van der Waals surface area contributed by atoms with E-state index in [0.717, 1.165) is 0 Å². The molecular weight excluding hydrogens is 288 g/mol. The average Bonchev–Trinajstić information content (AvgIpc) is 2.98. The van der Waals surface area contributed by atoms with E-state index >= 15 is 0 Å². The molecule has 19 heavy (non-hydrogen) atoms. The van der Waals surface area contributed by atoms with Crippen LogP contribution in [0.1, 0.15) is 30.6 Å². The molecule has 0 radical (unpaired) electrons. The lowest BCUT2D eigenvalue weighted by Crippen LogP contribution is -1.90. The van der Waals surface area contributed by atoms with E-state index < -0.39 is 0 Å². The summed E-state index contributed by atoms with van der Waals surface area (Å²) in [4.78, 5) is 5.79. The summed E-state index contributed by atoms with van der Waals surface area (Å²) < 4.78 is 0. The molecule has 1 aliphatic rings. The summed E-state index contributed by atoms with van der Waals surface area (Å²) in [5.74, 6) is 2.33. The van der Waals surface area contributed by atoms with Gasteiger partial charge in [0.25, 0.3) is 0 Å². The standard InChI is InChI=1S/C16H18S3/c1-9-5-13(11(3)18-9)15-7-17-8-16(15)14-6-10(2)19-12(14)4/h5-6H,7-8H2,1-4H3. The molecule has 2 aromatic rings. The average molecular weight is 307 g/mol. The highest BCUT2D eigenvalue weighted by Gasteiger charge is 2.22. The van der Waals surface area contributed by atoms with Crippen LogP contribution in [0, 0.1) is 27.7 Å². The van der Waals surface area contributed by atoms with Crippen LogP contribution < -0.4 is 0 Å². The number of thioether (sulfide) groups is 1. The summed E-state index contributed by atoms with van der Waals surface area (Å²) in [7, 11) is 0. The molecule has 0 bridgehead atoms. The van der Waals surface area contributed by atoms with Gasteiger partial charge in [0, 0.05) is 31.0 Å². The van der Waals surface area contributed by atoms with Gasteiger partial charge in [0.2, 0.25) is 0 Å². The maximum atomic E-state index is 2.37. The van der Waals surface area contributed by atoms with E-state index in [2.05, 4.69) is 51.6 Å². The molecule has 0 atom stereocenters. The fraction of sp³-hybridized carbons (Fsp3) is 0.375. The molecule has 0 unspecified atom stereocenters. The van der Waals surface area contributed by atoms with E-state index in [1.54, 1.807) is 11.1 Å². The minimum Gasteiger partial charge on any atom is -0.152 e. The Labute approximate surface area is 127 Å². The lowest BCUT2D eigenvalue weighted by molar-refractivity contribution is 1.49. The van der Waals surface area contributed by atoms with Crippen LogP contribution in [-0.4, -0.2) is 11.5 Å². The monoisotopic (exact) mass is 306 g/mol. The van der Waals surface area contributed by atoms with Crippen molar-refractivity contribution in [2.24, 2.45) is 0 Å². The molecule has 2 aromatic heterocycles. The summed E-state index contributed by atoms with van der Waals surface area (Å²) in [6.07, 6.45) is 0. The Morgan fingerprint density at radius 2 is 1.16 bits per heavy atom. The molecule has 0 aromatic carbocycles. The van der Waals surface area contributed by atoms with Crippen LogP contribution in [0.3, 0.4) is 0 Å². The first-order chi connectivity index (χ1) is 9.06. The molecular formula is C16H18S3. The minimum atomic E-state index is 1.17. The Bertz CT molecular complexity index is 599. The first-order valence-corrected chi connectivity index (χ1v) is 9.29. The van der Waals surface area contributed by atoms with Crippen LogP contribution in [0.5, 0.6) is 0 Å². The SMILES string of the molecule is Cc1cc(C2=C(c3cc(C)sc3C)CSC2)c(C)s1. The van der Waals surface area contributed by atoms with E-state index in [4.69, 9.17) is 0 Å². The molecule has 3 heterocycles. The van der Waals surface area contributed by atoms with Crippen molar-refractivity contribution in [3.05, 3.63) is 42.8 Å². The molecule has 1 aliphatic heterocycles. The second kappa shape index (κ2) is 5.12. The summed E-state index contributed by atoms with van der Waals surface area (Å²) >= 11 is 5.89. The quantitative estimate of drug-likeness (QED) is 0.685. The van der Waals surface area contributed by atoms with Crippen molar-refractivity contribution in [3.8, 4) is 0 Å². The topological polar surface area (TPSA) is 0 Å². The smallest absolute Gasteiger partial charge is 0.0197 e. The zero-order chi connectivity index (χ0) is 13.6.